The number of rotatable bonds is 8. The first kappa shape index (κ1) is 22.1. The molecule has 0 aliphatic heterocycles. The van der Waals surface area contributed by atoms with Crippen molar-refractivity contribution in [2.24, 2.45) is 4.99 Å². The van der Waals surface area contributed by atoms with Crippen molar-refractivity contribution in [2.75, 3.05) is 26.3 Å². The maximum Gasteiger partial charge on any atom is 0.191 e. The molecule has 0 bridgehead atoms. The first-order valence-corrected chi connectivity index (χ1v) is 7.97. The Labute approximate surface area is 156 Å². The summed E-state index contributed by atoms with van der Waals surface area (Å²) < 4.78 is 19.0. The molecule has 0 heterocycles. The highest BCUT2D eigenvalue weighted by molar-refractivity contribution is 14.0. The molecule has 0 aliphatic carbocycles. The minimum Gasteiger partial charge on any atom is -0.382 e. The van der Waals surface area contributed by atoms with E-state index in [9.17, 15) is 4.39 Å². The van der Waals surface area contributed by atoms with Gasteiger partial charge < -0.3 is 15.4 Å². The molecule has 6 heteroatoms. The third-order valence-electron chi connectivity index (χ3n) is 3.31. The molecule has 2 N–H and O–H groups in total. The Morgan fingerprint density at radius 1 is 1.35 bits per heavy atom. The monoisotopic (exact) mass is 437 g/mol. The van der Waals surface area contributed by atoms with E-state index in [1.807, 2.05) is 26.8 Å². The fraction of sp³-hybridized carbons (Fsp3) is 0.588. The lowest BCUT2D eigenvalue weighted by molar-refractivity contribution is 0.146. The van der Waals surface area contributed by atoms with Crippen LogP contribution in [0.2, 0.25) is 0 Å². The summed E-state index contributed by atoms with van der Waals surface area (Å²) in [5, 5.41) is 6.51. The third-order valence-corrected chi connectivity index (χ3v) is 3.31. The van der Waals surface area contributed by atoms with Crippen molar-refractivity contribution in [1.82, 2.24) is 10.6 Å². The summed E-state index contributed by atoms with van der Waals surface area (Å²) in [6, 6.07) is 5.30. The predicted molar refractivity (Wildman–Crippen MR) is 105 cm³/mol. The van der Waals surface area contributed by atoms with Gasteiger partial charge in [0.1, 0.15) is 5.82 Å². The molecule has 4 nitrogen and oxygen atoms in total. The molecule has 0 saturated carbocycles. The van der Waals surface area contributed by atoms with Crippen LogP contribution in [0.3, 0.4) is 0 Å². The highest BCUT2D eigenvalue weighted by Crippen LogP contribution is 2.16. The lowest BCUT2D eigenvalue weighted by atomic mass is 10.1. The smallest absolute Gasteiger partial charge is 0.191 e. The van der Waals surface area contributed by atoms with Crippen molar-refractivity contribution in [3.05, 3.63) is 35.1 Å². The Morgan fingerprint density at radius 3 is 2.70 bits per heavy atom. The molecule has 23 heavy (non-hydrogen) atoms. The van der Waals surface area contributed by atoms with Crippen molar-refractivity contribution in [3.63, 3.8) is 0 Å². The van der Waals surface area contributed by atoms with Gasteiger partial charge >= 0.3 is 0 Å². The first-order chi connectivity index (χ1) is 10.6. The average molecular weight is 437 g/mol. The molecule has 1 aromatic carbocycles. The van der Waals surface area contributed by atoms with Gasteiger partial charge in [-0.25, -0.2) is 4.39 Å². The van der Waals surface area contributed by atoms with Crippen LogP contribution in [0.15, 0.2) is 23.2 Å². The van der Waals surface area contributed by atoms with Crippen LogP contribution >= 0.6 is 24.0 Å². The summed E-state index contributed by atoms with van der Waals surface area (Å²) >= 11 is 0. The Kier molecular flexibility index (Phi) is 12.0. The molecule has 1 aromatic rings. The minimum absolute atomic E-state index is 0. The van der Waals surface area contributed by atoms with Gasteiger partial charge in [-0.15, -0.1) is 24.0 Å². The van der Waals surface area contributed by atoms with Crippen LogP contribution in [-0.2, 0) is 4.74 Å². The quantitative estimate of drug-likeness (QED) is 0.282. The number of aliphatic imine (C=N–C) groups is 1. The molecule has 132 valence electrons. The van der Waals surface area contributed by atoms with Gasteiger partial charge in [0.15, 0.2) is 5.96 Å². The second-order valence-electron chi connectivity index (χ2n) is 5.19. The zero-order valence-electron chi connectivity index (χ0n) is 14.5. The molecular formula is C17H29FIN3O. The van der Waals surface area contributed by atoms with Crippen LogP contribution in [0.25, 0.3) is 0 Å². The minimum atomic E-state index is -0.176. The molecule has 0 aromatic heterocycles. The van der Waals surface area contributed by atoms with E-state index in [1.54, 1.807) is 19.1 Å². The van der Waals surface area contributed by atoms with Crippen LogP contribution in [0.4, 0.5) is 4.39 Å². The average Bonchev–Trinajstić information content (AvgIpc) is 2.49. The second kappa shape index (κ2) is 12.5. The predicted octanol–water partition coefficient (Wildman–Crippen LogP) is 3.79. The van der Waals surface area contributed by atoms with Gasteiger partial charge in [0.25, 0.3) is 0 Å². The van der Waals surface area contributed by atoms with E-state index in [4.69, 9.17) is 4.74 Å². The largest absolute Gasteiger partial charge is 0.382 e. The van der Waals surface area contributed by atoms with Crippen molar-refractivity contribution >= 4 is 29.9 Å². The van der Waals surface area contributed by atoms with Crippen molar-refractivity contribution in [2.45, 2.75) is 40.2 Å². The number of halogens is 2. The van der Waals surface area contributed by atoms with Crippen LogP contribution in [-0.4, -0.2) is 32.3 Å². The van der Waals surface area contributed by atoms with Gasteiger partial charge in [-0.2, -0.15) is 0 Å². The molecular weight excluding hydrogens is 408 g/mol. The molecule has 0 aliphatic rings. The van der Waals surface area contributed by atoms with E-state index in [1.165, 1.54) is 0 Å². The molecule has 0 radical (unpaired) electrons. The summed E-state index contributed by atoms with van der Waals surface area (Å²) in [7, 11) is 0. The zero-order chi connectivity index (χ0) is 16.4. The Hall–Kier alpha value is -0.890. The molecule has 0 fully saturated rings. The van der Waals surface area contributed by atoms with Gasteiger partial charge in [0.2, 0.25) is 0 Å². The van der Waals surface area contributed by atoms with Crippen molar-refractivity contribution < 1.29 is 9.13 Å². The second-order valence-corrected chi connectivity index (χ2v) is 5.19. The number of benzene rings is 1. The van der Waals surface area contributed by atoms with Crippen molar-refractivity contribution in [1.29, 1.82) is 0 Å². The summed E-state index contributed by atoms with van der Waals surface area (Å²) in [5.74, 6) is 0.567. The summed E-state index contributed by atoms with van der Waals surface area (Å²) in [6.07, 6.45) is 0.887. The molecule has 0 saturated heterocycles. The fourth-order valence-corrected chi connectivity index (χ4v) is 1.99. The van der Waals surface area contributed by atoms with Gasteiger partial charge in [-0.3, -0.25) is 4.99 Å². The number of aryl methyl sites for hydroxylation is 1. The van der Waals surface area contributed by atoms with E-state index in [2.05, 4.69) is 15.6 Å². The maximum atomic E-state index is 13.7. The molecule has 1 rings (SSSR count). The fourth-order valence-electron chi connectivity index (χ4n) is 1.99. The van der Waals surface area contributed by atoms with Crippen LogP contribution < -0.4 is 10.6 Å². The van der Waals surface area contributed by atoms with E-state index < -0.39 is 0 Å². The van der Waals surface area contributed by atoms with E-state index in [-0.39, 0.29) is 35.8 Å². The standard InChI is InChI=1S/C17H28FN3O.HI/c1-5-19-17(20-10-7-11-22-6-2)21-14(4)15-9-8-13(3)16(18)12-15;/h8-9,12,14H,5-7,10-11H2,1-4H3,(H2,19,20,21);1H. The SMILES string of the molecule is CCNC(=NCCCOCC)NC(C)c1ccc(C)c(F)c1.I. The van der Waals surface area contributed by atoms with Crippen molar-refractivity contribution in [3.8, 4) is 0 Å². The van der Waals surface area contributed by atoms with Gasteiger partial charge in [0, 0.05) is 26.3 Å². The van der Waals surface area contributed by atoms with Crippen LogP contribution in [0.1, 0.15) is 44.4 Å². The number of ether oxygens (including phenoxy) is 1. The van der Waals surface area contributed by atoms with E-state index in [0.29, 0.717) is 12.1 Å². The van der Waals surface area contributed by atoms with Crippen LogP contribution in [0.5, 0.6) is 0 Å². The van der Waals surface area contributed by atoms with Gasteiger partial charge in [-0.1, -0.05) is 12.1 Å². The number of hydrogen-bond acceptors (Lipinski definition) is 2. The van der Waals surface area contributed by atoms with E-state index in [0.717, 1.165) is 37.7 Å². The maximum absolute atomic E-state index is 13.7. The Morgan fingerprint density at radius 2 is 2.09 bits per heavy atom. The first-order valence-electron chi connectivity index (χ1n) is 7.97. The highest BCUT2D eigenvalue weighted by atomic mass is 127. The summed E-state index contributed by atoms with van der Waals surface area (Å²) in [6.45, 7) is 10.7. The molecule has 1 unspecified atom stereocenters. The number of nitrogens with one attached hydrogen (secondary N) is 2. The number of hydrogen-bond donors (Lipinski definition) is 2. The summed E-state index contributed by atoms with van der Waals surface area (Å²) in [5.41, 5.74) is 1.57. The molecule has 1 atom stereocenters. The van der Waals surface area contributed by atoms with Crippen LogP contribution in [0, 0.1) is 12.7 Å². The van der Waals surface area contributed by atoms with Gasteiger partial charge in [-0.05, 0) is 51.3 Å². The number of guanidine groups is 1. The number of nitrogens with zero attached hydrogens (tertiary/aromatic N) is 1. The molecule has 0 spiro atoms. The lowest BCUT2D eigenvalue weighted by Gasteiger charge is -2.18. The Bertz CT molecular complexity index is 483. The zero-order valence-corrected chi connectivity index (χ0v) is 16.8. The normalized spacial score (nSPS) is 12.5. The lowest BCUT2D eigenvalue weighted by Crippen LogP contribution is -2.38. The topological polar surface area (TPSA) is 45.7 Å². The molecule has 0 amide bonds. The highest BCUT2D eigenvalue weighted by Gasteiger charge is 2.09. The summed E-state index contributed by atoms with van der Waals surface area (Å²) in [4.78, 5) is 4.51. The van der Waals surface area contributed by atoms with Gasteiger partial charge in [0.05, 0.1) is 6.04 Å². The van der Waals surface area contributed by atoms with E-state index >= 15 is 0 Å². The third kappa shape index (κ3) is 8.50. The Balaban J connectivity index is 0.00000484.